The Bertz CT molecular complexity index is 749. The smallest absolute Gasteiger partial charge is 0.260 e. The molecule has 2 aromatic carbocycles. The van der Waals surface area contributed by atoms with Gasteiger partial charge in [-0.05, 0) is 36.4 Å². The molecule has 0 saturated carbocycles. The van der Waals surface area contributed by atoms with E-state index in [0.29, 0.717) is 5.69 Å². The van der Waals surface area contributed by atoms with Crippen LogP contribution >= 0.6 is 23.2 Å². The molecule has 0 radical (unpaired) electrons. The molecule has 0 aromatic heterocycles. The highest BCUT2D eigenvalue weighted by atomic mass is 35.5. The normalized spacial score (nSPS) is 10.2. The van der Waals surface area contributed by atoms with Gasteiger partial charge in [0.2, 0.25) is 5.91 Å². The zero-order chi connectivity index (χ0) is 18.4. The minimum Gasteiger partial charge on any atom is -0.481 e. The molecule has 0 aliphatic carbocycles. The number of likely N-dealkylation sites (N-methyl/N-ethyl adjacent to an activating group) is 1. The van der Waals surface area contributed by atoms with Gasteiger partial charge in [0.25, 0.3) is 5.91 Å². The van der Waals surface area contributed by atoms with E-state index in [1.165, 1.54) is 36.2 Å². The fourth-order valence-electron chi connectivity index (χ4n) is 1.90. The van der Waals surface area contributed by atoms with Crippen LogP contribution in [-0.4, -0.2) is 36.9 Å². The average Bonchev–Trinajstić information content (AvgIpc) is 2.56. The third-order valence-corrected chi connectivity index (χ3v) is 3.79. The number of para-hydroxylation sites is 1. The fourth-order valence-corrected chi connectivity index (χ4v) is 2.41. The van der Waals surface area contributed by atoms with Gasteiger partial charge in [-0.25, -0.2) is 4.39 Å². The van der Waals surface area contributed by atoms with Gasteiger partial charge in [0.05, 0.1) is 16.6 Å². The number of rotatable bonds is 6. The monoisotopic (exact) mass is 384 g/mol. The number of carbonyl (C=O) groups is 2. The van der Waals surface area contributed by atoms with Crippen molar-refractivity contribution in [2.24, 2.45) is 0 Å². The fraction of sp³-hybridized carbons (Fsp3) is 0.176. The molecule has 2 amide bonds. The zero-order valence-electron chi connectivity index (χ0n) is 13.3. The minimum atomic E-state index is -0.426. The molecule has 0 fully saturated rings. The lowest BCUT2D eigenvalue weighted by molar-refractivity contribution is -0.135. The highest BCUT2D eigenvalue weighted by Gasteiger charge is 2.15. The molecule has 0 saturated heterocycles. The van der Waals surface area contributed by atoms with Crippen molar-refractivity contribution in [3.8, 4) is 5.75 Å². The number of nitrogens with zero attached hydrogens (tertiary/aromatic N) is 1. The largest absolute Gasteiger partial charge is 0.481 e. The molecular weight excluding hydrogens is 370 g/mol. The Labute approximate surface area is 154 Å². The van der Waals surface area contributed by atoms with Crippen LogP contribution in [0, 0.1) is 5.82 Å². The summed E-state index contributed by atoms with van der Waals surface area (Å²) in [6.45, 7) is -0.500. The predicted octanol–water partition coefficient (Wildman–Crippen LogP) is 3.61. The Hall–Kier alpha value is -2.31. The van der Waals surface area contributed by atoms with Gasteiger partial charge in [0.1, 0.15) is 5.82 Å². The molecule has 0 aliphatic rings. The first-order chi connectivity index (χ1) is 11.9. The zero-order valence-corrected chi connectivity index (χ0v) is 14.8. The first kappa shape index (κ1) is 19.0. The van der Waals surface area contributed by atoms with E-state index < -0.39 is 17.6 Å². The first-order valence-electron chi connectivity index (χ1n) is 7.23. The van der Waals surface area contributed by atoms with E-state index in [1.807, 2.05) is 0 Å². The lowest BCUT2D eigenvalue weighted by Gasteiger charge is -2.17. The van der Waals surface area contributed by atoms with Crippen molar-refractivity contribution in [2.45, 2.75) is 0 Å². The number of ether oxygens (including phenoxy) is 1. The summed E-state index contributed by atoms with van der Waals surface area (Å²) in [4.78, 5) is 25.2. The summed E-state index contributed by atoms with van der Waals surface area (Å²) in [6.07, 6.45) is 0. The minimum absolute atomic E-state index is 0.185. The third kappa shape index (κ3) is 5.62. The first-order valence-corrected chi connectivity index (χ1v) is 7.98. The maximum absolute atomic E-state index is 12.8. The molecular formula is C17H15Cl2FN2O3. The van der Waals surface area contributed by atoms with E-state index in [9.17, 15) is 14.0 Å². The van der Waals surface area contributed by atoms with Crippen LogP contribution in [0.15, 0.2) is 42.5 Å². The van der Waals surface area contributed by atoms with E-state index in [2.05, 4.69) is 5.32 Å². The number of hydrogen-bond donors (Lipinski definition) is 1. The maximum Gasteiger partial charge on any atom is 0.260 e. The summed E-state index contributed by atoms with van der Waals surface area (Å²) < 4.78 is 18.2. The quantitative estimate of drug-likeness (QED) is 0.827. The van der Waals surface area contributed by atoms with E-state index in [1.54, 1.807) is 18.2 Å². The molecule has 5 nitrogen and oxygen atoms in total. The molecule has 8 heteroatoms. The van der Waals surface area contributed by atoms with Crippen molar-refractivity contribution in [2.75, 3.05) is 25.5 Å². The van der Waals surface area contributed by atoms with Crippen LogP contribution < -0.4 is 10.1 Å². The molecule has 0 aliphatic heterocycles. The summed E-state index contributed by atoms with van der Waals surface area (Å²) in [5.41, 5.74) is 0.436. The number of nitrogens with one attached hydrogen (secondary N) is 1. The van der Waals surface area contributed by atoms with Gasteiger partial charge >= 0.3 is 0 Å². The number of halogens is 3. The van der Waals surface area contributed by atoms with E-state index in [4.69, 9.17) is 27.9 Å². The number of carbonyl (C=O) groups excluding carboxylic acids is 2. The molecule has 25 heavy (non-hydrogen) atoms. The van der Waals surface area contributed by atoms with Crippen LogP contribution in [0.3, 0.4) is 0 Å². The SMILES string of the molecule is CN(CC(=O)Nc1ccc(F)cc1)C(=O)COc1c(Cl)cccc1Cl. The molecule has 0 bridgehead atoms. The van der Waals surface area contributed by atoms with Crippen molar-refractivity contribution in [3.63, 3.8) is 0 Å². The van der Waals surface area contributed by atoms with E-state index >= 15 is 0 Å². The van der Waals surface area contributed by atoms with E-state index in [0.717, 1.165) is 0 Å². The third-order valence-electron chi connectivity index (χ3n) is 3.19. The highest BCUT2D eigenvalue weighted by molar-refractivity contribution is 6.37. The van der Waals surface area contributed by atoms with E-state index in [-0.39, 0.29) is 28.9 Å². The lowest BCUT2D eigenvalue weighted by atomic mass is 10.3. The average molecular weight is 385 g/mol. The molecule has 0 heterocycles. The van der Waals surface area contributed by atoms with Gasteiger partial charge in [0.15, 0.2) is 12.4 Å². The second kappa shape index (κ2) is 8.69. The van der Waals surface area contributed by atoms with Crippen molar-refractivity contribution < 1.29 is 18.7 Å². The van der Waals surface area contributed by atoms with Gasteiger partial charge in [-0.15, -0.1) is 0 Å². The van der Waals surface area contributed by atoms with Gasteiger partial charge in [0, 0.05) is 12.7 Å². The Morgan fingerprint density at radius 3 is 2.32 bits per heavy atom. The Kier molecular flexibility index (Phi) is 6.61. The molecule has 0 atom stereocenters. The van der Waals surface area contributed by atoms with Crippen LogP contribution in [0.4, 0.5) is 10.1 Å². The van der Waals surface area contributed by atoms with Crippen LogP contribution in [0.2, 0.25) is 10.0 Å². The second-order valence-electron chi connectivity index (χ2n) is 5.14. The van der Waals surface area contributed by atoms with Gasteiger partial charge < -0.3 is 15.0 Å². The van der Waals surface area contributed by atoms with Crippen molar-refractivity contribution in [3.05, 3.63) is 58.3 Å². The van der Waals surface area contributed by atoms with Crippen LogP contribution in [0.5, 0.6) is 5.75 Å². The summed E-state index contributed by atoms with van der Waals surface area (Å²) in [5.74, 6) is -1.03. The summed E-state index contributed by atoms with van der Waals surface area (Å²) >= 11 is 11.9. The molecule has 1 N–H and O–H groups in total. The predicted molar refractivity (Wildman–Crippen MR) is 94.6 cm³/mol. The van der Waals surface area contributed by atoms with Crippen molar-refractivity contribution in [1.82, 2.24) is 4.90 Å². The van der Waals surface area contributed by atoms with Crippen molar-refractivity contribution in [1.29, 1.82) is 0 Å². The van der Waals surface area contributed by atoms with Gasteiger partial charge in [-0.1, -0.05) is 29.3 Å². The Balaban J connectivity index is 1.85. The molecule has 0 unspecified atom stereocenters. The number of anilines is 1. The lowest BCUT2D eigenvalue weighted by Crippen LogP contribution is -2.37. The topological polar surface area (TPSA) is 58.6 Å². The van der Waals surface area contributed by atoms with Crippen LogP contribution in [0.1, 0.15) is 0 Å². The summed E-state index contributed by atoms with van der Waals surface area (Å²) in [6, 6.07) is 10.2. The van der Waals surface area contributed by atoms with Gasteiger partial charge in [-0.3, -0.25) is 9.59 Å². The van der Waals surface area contributed by atoms with Crippen LogP contribution in [-0.2, 0) is 9.59 Å². The number of benzene rings is 2. The standard InChI is InChI=1S/C17H15Cl2FN2O3/c1-22(9-15(23)21-12-7-5-11(20)6-8-12)16(24)10-25-17-13(18)3-2-4-14(17)19/h2-8H,9-10H2,1H3,(H,21,23). The number of amides is 2. The molecule has 2 rings (SSSR count). The number of hydrogen-bond acceptors (Lipinski definition) is 3. The van der Waals surface area contributed by atoms with Crippen LogP contribution in [0.25, 0.3) is 0 Å². The summed E-state index contributed by atoms with van der Waals surface area (Å²) in [5, 5.41) is 3.14. The van der Waals surface area contributed by atoms with Gasteiger partial charge in [-0.2, -0.15) is 0 Å². The molecule has 132 valence electrons. The molecule has 0 spiro atoms. The Morgan fingerprint density at radius 2 is 1.72 bits per heavy atom. The second-order valence-corrected chi connectivity index (χ2v) is 5.96. The molecule has 2 aromatic rings. The van der Waals surface area contributed by atoms with Crippen molar-refractivity contribution >= 4 is 40.7 Å². The highest BCUT2D eigenvalue weighted by Crippen LogP contribution is 2.32. The maximum atomic E-state index is 12.8. The Morgan fingerprint density at radius 1 is 1.12 bits per heavy atom. The summed E-state index contributed by atoms with van der Waals surface area (Å²) in [7, 11) is 1.46.